The highest BCUT2D eigenvalue weighted by atomic mass is 35.5. The van der Waals surface area contributed by atoms with Crippen LogP contribution in [-0.4, -0.2) is 39.5 Å². The number of ether oxygens (including phenoxy) is 2. The zero-order valence-corrected chi connectivity index (χ0v) is 19.3. The molecule has 0 aliphatic heterocycles. The van der Waals surface area contributed by atoms with E-state index in [4.69, 9.17) is 21.1 Å². The highest BCUT2D eigenvalue weighted by Gasteiger charge is 2.25. The van der Waals surface area contributed by atoms with Crippen LogP contribution in [-0.2, 0) is 26.1 Å². The predicted octanol–water partition coefficient (Wildman–Crippen LogP) is 2.90. The average molecular weight is 469 g/mol. The van der Waals surface area contributed by atoms with Crippen LogP contribution in [0.4, 0.5) is 0 Å². The Balaban J connectivity index is 1.98. The van der Waals surface area contributed by atoms with Gasteiger partial charge in [-0.05, 0) is 56.7 Å². The minimum absolute atomic E-state index is 0.0365. The molecule has 0 atom stereocenters. The number of nitrogens with one attached hydrogen (secondary N) is 2. The van der Waals surface area contributed by atoms with E-state index < -0.39 is 34.0 Å². The number of benzene rings is 2. The molecule has 0 fully saturated rings. The molecule has 0 radical (unpaired) electrons. The maximum absolute atomic E-state index is 12.6. The van der Waals surface area contributed by atoms with E-state index in [2.05, 4.69) is 10.0 Å². The molecule has 0 saturated heterocycles. The molecule has 31 heavy (non-hydrogen) atoms. The number of hydrogen-bond donors (Lipinski definition) is 2. The van der Waals surface area contributed by atoms with Crippen molar-refractivity contribution < 1.29 is 27.5 Å². The molecule has 2 rings (SSSR count). The normalized spacial score (nSPS) is 11.6. The van der Waals surface area contributed by atoms with Gasteiger partial charge < -0.3 is 14.8 Å². The van der Waals surface area contributed by atoms with Crippen molar-refractivity contribution in [3.63, 3.8) is 0 Å². The number of carbonyl (C=O) groups excluding carboxylic acids is 2. The molecular weight excluding hydrogens is 444 g/mol. The van der Waals surface area contributed by atoms with E-state index in [9.17, 15) is 18.0 Å². The molecule has 0 aromatic heterocycles. The molecule has 0 aliphatic rings. The van der Waals surface area contributed by atoms with Crippen LogP contribution in [0.2, 0.25) is 5.02 Å². The third kappa shape index (κ3) is 7.54. The van der Waals surface area contributed by atoms with E-state index in [0.717, 1.165) is 11.6 Å². The third-order valence-corrected chi connectivity index (χ3v) is 6.12. The first kappa shape index (κ1) is 24.6. The van der Waals surface area contributed by atoms with Gasteiger partial charge in [0.2, 0.25) is 10.0 Å². The van der Waals surface area contributed by atoms with E-state index in [1.54, 1.807) is 52.1 Å². The van der Waals surface area contributed by atoms with Gasteiger partial charge in [0.25, 0.3) is 5.91 Å². The van der Waals surface area contributed by atoms with Gasteiger partial charge in [0.1, 0.15) is 10.6 Å². The van der Waals surface area contributed by atoms with Crippen molar-refractivity contribution in [2.75, 3.05) is 13.7 Å². The average Bonchev–Trinajstić information content (AvgIpc) is 2.69. The van der Waals surface area contributed by atoms with E-state index >= 15 is 0 Å². The van der Waals surface area contributed by atoms with Crippen LogP contribution in [0, 0.1) is 0 Å². The number of amides is 1. The highest BCUT2D eigenvalue weighted by Crippen LogP contribution is 2.24. The Morgan fingerprint density at radius 1 is 1.06 bits per heavy atom. The second-order valence-corrected chi connectivity index (χ2v) is 9.76. The van der Waals surface area contributed by atoms with Gasteiger partial charge >= 0.3 is 5.97 Å². The van der Waals surface area contributed by atoms with Crippen LogP contribution in [0.15, 0.2) is 47.4 Å². The number of hydrogen-bond acceptors (Lipinski definition) is 6. The first-order chi connectivity index (χ1) is 14.4. The summed E-state index contributed by atoms with van der Waals surface area (Å²) < 4.78 is 37.6. The molecule has 0 bridgehead atoms. The number of rotatable bonds is 8. The van der Waals surface area contributed by atoms with E-state index in [1.807, 2.05) is 0 Å². The molecule has 2 N–H and O–H groups in total. The fraction of sp³-hybridized carbons (Fsp3) is 0.333. The van der Waals surface area contributed by atoms with Gasteiger partial charge in [-0.15, -0.1) is 0 Å². The summed E-state index contributed by atoms with van der Waals surface area (Å²) in [6.07, 6.45) is 0. The van der Waals surface area contributed by atoms with Crippen molar-refractivity contribution >= 4 is 33.5 Å². The van der Waals surface area contributed by atoms with Crippen LogP contribution in [0.3, 0.4) is 0 Å². The molecule has 10 heteroatoms. The monoisotopic (exact) mass is 468 g/mol. The van der Waals surface area contributed by atoms with Gasteiger partial charge in [-0.2, -0.15) is 0 Å². The number of halogens is 1. The Kier molecular flexibility index (Phi) is 8.05. The summed E-state index contributed by atoms with van der Waals surface area (Å²) in [7, 11) is -2.40. The number of methoxy groups -OCH3 is 1. The zero-order valence-electron chi connectivity index (χ0n) is 17.7. The molecule has 0 saturated carbocycles. The first-order valence-corrected chi connectivity index (χ1v) is 11.2. The largest absolute Gasteiger partial charge is 0.497 e. The lowest BCUT2D eigenvalue weighted by Gasteiger charge is -2.21. The zero-order chi connectivity index (χ0) is 23.2. The standard InChI is InChI=1S/C21H25ClN2O6S/c1-21(2,3)24-31(27,28)18-11-15(7-10-17(18)22)20(26)30-13-19(25)23-12-14-5-8-16(29-4)9-6-14/h5-11,24H,12-13H2,1-4H3,(H,23,25). The lowest BCUT2D eigenvalue weighted by atomic mass is 10.1. The topological polar surface area (TPSA) is 111 Å². The van der Waals surface area contributed by atoms with Crippen molar-refractivity contribution in [3.05, 3.63) is 58.6 Å². The van der Waals surface area contributed by atoms with E-state index in [-0.39, 0.29) is 22.0 Å². The van der Waals surface area contributed by atoms with Gasteiger partial charge in [-0.3, -0.25) is 4.79 Å². The van der Waals surface area contributed by atoms with Crippen LogP contribution in [0.1, 0.15) is 36.7 Å². The summed E-state index contributed by atoms with van der Waals surface area (Å²) in [6, 6.07) is 10.9. The maximum atomic E-state index is 12.6. The highest BCUT2D eigenvalue weighted by molar-refractivity contribution is 7.89. The predicted molar refractivity (Wildman–Crippen MR) is 117 cm³/mol. The molecule has 168 valence electrons. The summed E-state index contributed by atoms with van der Waals surface area (Å²) in [5, 5.41) is 2.59. The Labute approximate surface area is 186 Å². The van der Waals surface area contributed by atoms with Crippen molar-refractivity contribution in [2.24, 2.45) is 0 Å². The lowest BCUT2D eigenvalue weighted by molar-refractivity contribution is -0.124. The molecule has 1 amide bonds. The molecule has 0 spiro atoms. The molecule has 2 aromatic carbocycles. The van der Waals surface area contributed by atoms with Crippen LogP contribution >= 0.6 is 11.6 Å². The number of carbonyl (C=O) groups is 2. The van der Waals surface area contributed by atoms with Crippen LogP contribution in [0.25, 0.3) is 0 Å². The first-order valence-electron chi connectivity index (χ1n) is 9.31. The Bertz CT molecular complexity index is 1050. The van der Waals surface area contributed by atoms with Crippen molar-refractivity contribution in [3.8, 4) is 5.75 Å². The van der Waals surface area contributed by atoms with Crippen LogP contribution in [0.5, 0.6) is 5.75 Å². The minimum Gasteiger partial charge on any atom is -0.497 e. The summed E-state index contributed by atoms with van der Waals surface area (Å²) >= 11 is 6.02. The van der Waals surface area contributed by atoms with Crippen molar-refractivity contribution in [1.82, 2.24) is 10.0 Å². The second-order valence-electron chi connectivity index (χ2n) is 7.70. The number of esters is 1. The van der Waals surface area contributed by atoms with Gasteiger partial charge in [0.05, 0.1) is 17.7 Å². The molecule has 0 unspecified atom stereocenters. The summed E-state index contributed by atoms with van der Waals surface area (Å²) in [5.74, 6) is -0.644. The fourth-order valence-corrected chi connectivity index (χ4v) is 4.45. The van der Waals surface area contributed by atoms with E-state index in [0.29, 0.717) is 5.75 Å². The molecular formula is C21H25ClN2O6S. The van der Waals surface area contributed by atoms with Crippen molar-refractivity contribution in [1.29, 1.82) is 0 Å². The smallest absolute Gasteiger partial charge is 0.338 e. The van der Waals surface area contributed by atoms with Gasteiger partial charge in [-0.25, -0.2) is 17.9 Å². The summed E-state index contributed by atoms with van der Waals surface area (Å²) in [6.45, 7) is 4.78. The third-order valence-electron chi connectivity index (χ3n) is 3.88. The fourth-order valence-electron chi connectivity index (χ4n) is 2.50. The van der Waals surface area contributed by atoms with E-state index in [1.165, 1.54) is 12.1 Å². The second kappa shape index (κ2) is 10.1. The molecule has 0 heterocycles. The minimum atomic E-state index is -3.96. The summed E-state index contributed by atoms with van der Waals surface area (Å²) in [4.78, 5) is 24.0. The summed E-state index contributed by atoms with van der Waals surface area (Å²) in [5.41, 5.74) is 0.0710. The number of sulfonamides is 1. The Hall–Kier alpha value is -2.62. The van der Waals surface area contributed by atoms with Crippen LogP contribution < -0.4 is 14.8 Å². The maximum Gasteiger partial charge on any atom is 0.338 e. The Morgan fingerprint density at radius 2 is 1.71 bits per heavy atom. The Morgan fingerprint density at radius 3 is 2.29 bits per heavy atom. The molecule has 8 nitrogen and oxygen atoms in total. The van der Waals surface area contributed by atoms with Gasteiger partial charge in [0, 0.05) is 12.1 Å². The molecule has 2 aromatic rings. The molecule has 0 aliphatic carbocycles. The lowest BCUT2D eigenvalue weighted by Crippen LogP contribution is -2.40. The van der Waals surface area contributed by atoms with Gasteiger partial charge in [-0.1, -0.05) is 23.7 Å². The quantitative estimate of drug-likeness (QED) is 0.576. The van der Waals surface area contributed by atoms with Gasteiger partial charge in [0.15, 0.2) is 6.61 Å². The SMILES string of the molecule is COc1ccc(CNC(=O)COC(=O)c2ccc(Cl)c(S(=O)(=O)NC(C)(C)C)c2)cc1. The van der Waals surface area contributed by atoms with Crippen molar-refractivity contribution in [2.45, 2.75) is 37.8 Å².